The van der Waals surface area contributed by atoms with Gasteiger partial charge in [-0.1, -0.05) is 25.1 Å². The molecule has 6 heteroatoms. The maximum atomic E-state index is 12.3. The number of furan rings is 1. The highest BCUT2D eigenvalue weighted by Crippen LogP contribution is 2.23. The second-order valence-electron chi connectivity index (χ2n) is 6.44. The van der Waals surface area contributed by atoms with Gasteiger partial charge < -0.3 is 14.5 Å². The molecule has 1 atom stereocenters. The van der Waals surface area contributed by atoms with Crippen LogP contribution >= 0.6 is 0 Å². The predicted octanol–water partition coefficient (Wildman–Crippen LogP) is 3.98. The zero-order chi connectivity index (χ0) is 20.1. The van der Waals surface area contributed by atoms with Crippen molar-refractivity contribution in [1.29, 1.82) is 5.26 Å². The molecule has 0 fully saturated rings. The van der Waals surface area contributed by atoms with Gasteiger partial charge in [-0.25, -0.2) is 0 Å². The Hall–Kier alpha value is -3.59. The van der Waals surface area contributed by atoms with Crippen LogP contribution in [0.15, 0.2) is 53.1 Å². The number of fused-ring (bicyclic) bond motifs is 1. The van der Waals surface area contributed by atoms with Gasteiger partial charge in [0.1, 0.15) is 5.58 Å². The number of benzene rings is 2. The molecule has 0 radical (unpaired) electrons. The number of hydrogen-bond donors (Lipinski definition) is 1. The van der Waals surface area contributed by atoms with Crippen molar-refractivity contribution >= 4 is 28.5 Å². The molecule has 0 aliphatic heterocycles. The van der Waals surface area contributed by atoms with Gasteiger partial charge in [0.15, 0.2) is 6.10 Å². The van der Waals surface area contributed by atoms with E-state index in [0.29, 0.717) is 11.3 Å². The van der Waals surface area contributed by atoms with Crippen molar-refractivity contribution in [1.82, 2.24) is 0 Å². The second kappa shape index (κ2) is 8.40. The first-order chi connectivity index (χ1) is 13.5. The number of nitriles is 1. The van der Waals surface area contributed by atoms with Crippen molar-refractivity contribution in [3.05, 3.63) is 65.4 Å². The molecule has 1 N–H and O–H groups in total. The number of ether oxygens (including phenoxy) is 1. The number of amides is 1. The van der Waals surface area contributed by atoms with Crippen LogP contribution in [0.4, 0.5) is 5.69 Å². The van der Waals surface area contributed by atoms with Gasteiger partial charge in [0.2, 0.25) is 0 Å². The Bertz CT molecular complexity index is 1060. The Morgan fingerprint density at radius 2 is 2.07 bits per heavy atom. The average Bonchev–Trinajstić information content (AvgIpc) is 3.09. The number of aryl methyl sites for hydroxylation is 1. The molecule has 1 amide bonds. The largest absolute Gasteiger partial charge is 0.464 e. The van der Waals surface area contributed by atoms with Gasteiger partial charge in [-0.15, -0.1) is 0 Å². The maximum Gasteiger partial charge on any atom is 0.311 e. The van der Waals surface area contributed by atoms with Crippen LogP contribution in [0.3, 0.4) is 0 Å². The van der Waals surface area contributed by atoms with E-state index >= 15 is 0 Å². The normalized spacial score (nSPS) is 11.6. The summed E-state index contributed by atoms with van der Waals surface area (Å²) in [6.45, 7) is 3.56. The molecular weight excluding hydrogens is 356 g/mol. The van der Waals surface area contributed by atoms with Gasteiger partial charge in [-0.2, -0.15) is 5.26 Å². The highest BCUT2D eigenvalue weighted by molar-refractivity contribution is 5.95. The first kappa shape index (κ1) is 19.2. The first-order valence-electron chi connectivity index (χ1n) is 8.99. The Balaban J connectivity index is 1.61. The third-order valence-corrected chi connectivity index (χ3v) is 4.40. The van der Waals surface area contributed by atoms with Gasteiger partial charge in [0.05, 0.1) is 24.3 Å². The van der Waals surface area contributed by atoms with Gasteiger partial charge in [-0.05, 0) is 43.2 Å². The lowest BCUT2D eigenvalue weighted by atomic mass is 10.1. The van der Waals surface area contributed by atoms with E-state index in [-0.39, 0.29) is 6.42 Å². The third-order valence-electron chi connectivity index (χ3n) is 4.40. The molecule has 0 unspecified atom stereocenters. The number of nitrogens with zero attached hydrogens (tertiary/aromatic N) is 1. The lowest BCUT2D eigenvalue weighted by Crippen LogP contribution is -2.30. The van der Waals surface area contributed by atoms with Crippen molar-refractivity contribution in [3.8, 4) is 6.07 Å². The SMILES string of the molecule is CCc1ccc2c(CC(=O)O[C@@H](C)C(=O)Nc3cccc(C#N)c3)coc2c1. The number of anilines is 1. The second-order valence-corrected chi connectivity index (χ2v) is 6.44. The summed E-state index contributed by atoms with van der Waals surface area (Å²) in [6.07, 6.45) is 1.49. The Morgan fingerprint density at radius 3 is 2.82 bits per heavy atom. The molecule has 0 saturated heterocycles. The van der Waals surface area contributed by atoms with Crippen LogP contribution in [-0.2, 0) is 27.2 Å². The molecule has 6 nitrogen and oxygen atoms in total. The maximum absolute atomic E-state index is 12.3. The molecule has 0 aliphatic rings. The molecule has 1 aromatic heterocycles. The fraction of sp³-hybridized carbons (Fsp3) is 0.227. The highest BCUT2D eigenvalue weighted by Gasteiger charge is 2.19. The third kappa shape index (κ3) is 4.38. The van der Waals surface area contributed by atoms with Crippen LogP contribution < -0.4 is 5.32 Å². The summed E-state index contributed by atoms with van der Waals surface area (Å²) in [5.41, 5.74) is 3.50. The summed E-state index contributed by atoms with van der Waals surface area (Å²) < 4.78 is 10.8. The van der Waals surface area contributed by atoms with E-state index in [1.54, 1.807) is 30.5 Å². The summed E-state index contributed by atoms with van der Waals surface area (Å²) in [6, 6.07) is 14.4. The summed E-state index contributed by atoms with van der Waals surface area (Å²) in [5, 5.41) is 12.4. The molecule has 2 aromatic carbocycles. The van der Waals surface area contributed by atoms with E-state index in [2.05, 4.69) is 12.2 Å². The van der Waals surface area contributed by atoms with E-state index in [0.717, 1.165) is 28.5 Å². The molecule has 1 heterocycles. The topological polar surface area (TPSA) is 92.3 Å². The van der Waals surface area contributed by atoms with Crippen molar-refractivity contribution in [2.24, 2.45) is 0 Å². The molecule has 0 bridgehead atoms. The van der Waals surface area contributed by atoms with Gasteiger partial charge in [-0.3, -0.25) is 9.59 Å². The minimum Gasteiger partial charge on any atom is -0.464 e. The minimum absolute atomic E-state index is 0.0139. The van der Waals surface area contributed by atoms with Gasteiger partial charge in [0.25, 0.3) is 5.91 Å². The Labute approximate surface area is 162 Å². The van der Waals surface area contributed by atoms with Crippen molar-refractivity contribution in [3.63, 3.8) is 0 Å². The number of carbonyl (C=O) groups excluding carboxylic acids is 2. The van der Waals surface area contributed by atoms with Crippen molar-refractivity contribution < 1.29 is 18.7 Å². The summed E-state index contributed by atoms with van der Waals surface area (Å²) >= 11 is 0. The predicted molar refractivity (Wildman–Crippen MR) is 105 cm³/mol. The first-order valence-corrected chi connectivity index (χ1v) is 8.99. The molecule has 28 heavy (non-hydrogen) atoms. The fourth-order valence-corrected chi connectivity index (χ4v) is 2.84. The van der Waals surface area contributed by atoms with Gasteiger partial charge >= 0.3 is 5.97 Å². The molecule has 142 valence electrons. The molecule has 3 aromatic rings. The quantitative estimate of drug-likeness (QED) is 0.657. The molecule has 0 aliphatic carbocycles. The Morgan fingerprint density at radius 1 is 1.25 bits per heavy atom. The molecule has 0 saturated carbocycles. The van der Waals surface area contributed by atoms with Gasteiger partial charge in [0, 0.05) is 16.6 Å². The van der Waals surface area contributed by atoms with Crippen LogP contribution in [0.1, 0.15) is 30.5 Å². The van der Waals surface area contributed by atoms with Crippen molar-refractivity contribution in [2.75, 3.05) is 5.32 Å². The number of nitrogens with one attached hydrogen (secondary N) is 1. The molecule has 3 rings (SSSR count). The van der Waals surface area contributed by atoms with E-state index in [1.165, 1.54) is 6.92 Å². The molecule has 0 spiro atoms. The smallest absolute Gasteiger partial charge is 0.311 e. The van der Waals surface area contributed by atoms with Crippen LogP contribution in [0.2, 0.25) is 0 Å². The lowest BCUT2D eigenvalue weighted by Gasteiger charge is -2.13. The monoisotopic (exact) mass is 376 g/mol. The summed E-state index contributed by atoms with van der Waals surface area (Å²) in [5.74, 6) is -0.983. The zero-order valence-electron chi connectivity index (χ0n) is 15.7. The standard InChI is InChI=1S/C22H20N2O4/c1-3-15-7-8-19-17(13-27-20(19)10-15)11-21(25)28-14(2)22(26)24-18-6-4-5-16(9-18)12-23/h4-10,13-14H,3,11H2,1-2H3,(H,24,26)/t14-/m0/s1. The number of hydrogen-bond acceptors (Lipinski definition) is 5. The number of carbonyl (C=O) groups is 2. The lowest BCUT2D eigenvalue weighted by molar-refractivity contribution is -0.152. The van der Waals surface area contributed by atoms with E-state index in [9.17, 15) is 9.59 Å². The van der Waals surface area contributed by atoms with E-state index in [1.807, 2.05) is 24.3 Å². The minimum atomic E-state index is -0.969. The van der Waals surface area contributed by atoms with Crippen LogP contribution in [0, 0.1) is 11.3 Å². The molecular formula is C22H20N2O4. The fourth-order valence-electron chi connectivity index (χ4n) is 2.84. The number of esters is 1. The highest BCUT2D eigenvalue weighted by atomic mass is 16.5. The van der Waals surface area contributed by atoms with E-state index in [4.69, 9.17) is 14.4 Å². The average molecular weight is 376 g/mol. The Kier molecular flexibility index (Phi) is 5.75. The number of rotatable bonds is 6. The van der Waals surface area contributed by atoms with Crippen molar-refractivity contribution in [2.45, 2.75) is 32.8 Å². The van der Waals surface area contributed by atoms with Crippen LogP contribution in [0.5, 0.6) is 0 Å². The zero-order valence-corrected chi connectivity index (χ0v) is 15.7. The van der Waals surface area contributed by atoms with Crippen LogP contribution in [0.25, 0.3) is 11.0 Å². The van der Waals surface area contributed by atoms with E-state index < -0.39 is 18.0 Å². The summed E-state index contributed by atoms with van der Waals surface area (Å²) in [7, 11) is 0. The van der Waals surface area contributed by atoms with Crippen LogP contribution in [-0.4, -0.2) is 18.0 Å². The summed E-state index contributed by atoms with van der Waals surface area (Å²) in [4.78, 5) is 24.5.